The van der Waals surface area contributed by atoms with E-state index >= 15 is 0 Å². The summed E-state index contributed by atoms with van der Waals surface area (Å²) in [6.45, 7) is 0.762. The topological polar surface area (TPSA) is 34.9 Å². The highest BCUT2D eigenvalue weighted by Gasteiger charge is 2.10. The smallest absolute Gasteiger partial charge is 0.124 e. The number of aromatic nitrogens is 2. The van der Waals surface area contributed by atoms with Gasteiger partial charge in [-0.05, 0) is 24.6 Å². The molecule has 0 aliphatic carbocycles. The van der Waals surface area contributed by atoms with Gasteiger partial charge in [-0.15, -0.1) is 11.6 Å². The molecule has 1 unspecified atom stereocenters. The van der Waals surface area contributed by atoms with Crippen LogP contribution in [0.15, 0.2) is 18.2 Å². The number of imidazole rings is 1. The van der Waals surface area contributed by atoms with Crippen LogP contribution >= 0.6 is 23.2 Å². The third kappa shape index (κ3) is 3.05. The van der Waals surface area contributed by atoms with E-state index in [-0.39, 0.29) is 0 Å². The number of hydrogen-bond donors (Lipinski definition) is 0. The van der Waals surface area contributed by atoms with Crippen molar-refractivity contribution < 1.29 is 4.21 Å². The van der Waals surface area contributed by atoms with Gasteiger partial charge in [0.25, 0.3) is 0 Å². The van der Waals surface area contributed by atoms with Gasteiger partial charge >= 0.3 is 0 Å². The molecule has 0 amide bonds. The molecule has 6 heteroatoms. The Morgan fingerprint density at radius 2 is 2.22 bits per heavy atom. The summed E-state index contributed by atoms with van der Waals surface area (Å²) in [6, 6.07) is 5.60. The van der Waals surface area contributed by atoms with Crippen molar-refractivity contribution in [2.24, 2.45) is 0 Å². The maximum Gasteiger partial charge on any atom is 0.124 e. The second kappa shape index (κ2) is 6.04. The van der Waals surface area contributed by atoms with Gasteiger partial charge in [-0.25, -0.2) is 4.98 Å². The summed E-state index contributed by atoms with van der Waals surface area (Å²) in [6.07, 6.45) is 2.55. The largest absolute Gasteiger partial charge is 0.327 e. The molecule has 0 aliphatic rings. The number of nitrogens with zero attached hydrogens (tertiary/aromatic N) is 2. The minimum absolute atomic E-state index is 0.363. The second-order valence-electron chi connectivity index (χ2n) is 4.08. The van der Waals surface area contributed by atoms with Crippen LogP contribution in [0, 0.1) is 0 Å². The molecule has 2 aromatic rings. The molecule has 98 valence electrons. The van der Waals surface area contributed by atoms with Crippen LogP contribution in [-0.2, 0) is 23.2 Å². The first-order valence-corrected chi connectivity index (χ1v) is 8.26. The zero-order valence-electron chi connectivity index (χ0n) is 10.0. The molecule has 0 saturated heterocycles. The Morgan fingerprint density at radius 3 is 2.89 bits per heavy atom. The molecule has 0 saturated carbocycles. The number of fused-ring (bicyclic) bond motifs is 1. The van der Waals surface area contributed by atoms with Gasteiger partial charge in [-0.2, -0.15) is 0 Å². The van der Waals surface area contributed by atoms with Crippen LogP contribution in [-0.4, -0.2) is 25.8 Å². The molecule has 0 spiro atoms. The van der Waals surface area contributed by atoms with Gasteiger partial charge in [-0.3, -0.25) is 4.21 Å². The van der Waals surface area contributed by atoms with Crippen LogP contribution in [0.5, 0.6) is 0 Å². The van der Waals surface area contributed by atoms with E-state index in [9.17, 15) is 4.21 Å². The molecule has 0 N–H and O–H groups in total. The van der Waals surface area contributed by atoms with E-state index in [1.54, 1.807) is 6.26 Å². The Kier molecular flexibility index (Phi) is 4.65. The molecule has 1 heterocycles. The fourth-order valence-electron chi connectivity index (χ4n) is 1.92. The fraction of sp³-hybridized carbons (Fsp3) is 0.417. The SMILES string of the molecule is CS(=O)CCCn1c(CCl)nc2ccc(Cl)cc21. The van der Waals surface area contributed by atoms with Crippen molar-refractivity contribution in [3.63, 3.8) is 0 Å². The van der Waals surface area contributed by atoms with Crippen molar-refractivity contribution in [2.75, 3.05) is 12.0 Å². The number of rotatable bonds is 5. The Balaban J connectivity index is 2.33. The summed E-state index contributed by atoms with van der Waals surface area (Å²) in [5, 5.41) is 0.684. The maximum absolute atomic E-state index is 11.1. The van der Waals surface area contributed by atoms with E-state index in [2.05, 4.69) is 9.55 Å². The fourth-order valence-corrected chi connectivity index (χ4v) is 2.83. The molecule has 1 aromatic carbocycles. The van der Waals surface area contributed by atoms with Crippen LogP contribution in [0.2, 0.25) is 5.02 Å². The number of hydrogen-bond acceptors (Lipinski definition) is 2. The van der Waals surface area contributed by atoms with Crippen LogP contribution in [0.3, 0.4) is 0 Å². The summed E-state index contributed by atoms with van der Waals surface area (Å²) >= 11 is 11.9. The Morgan fingerprint density at radius 1 is 1.44 bits per heavy atom. The molecule has 0 fully saturated rings. The van der Waals surface area contributed by atoms with Gasteiger partial charge < -0.3 is 4.57 Å². The highest BCUT2D eigenvalue weighted by atomic mass is 35.5. The summed E-state index contributed by atoms with van der Waals surface area (Å²) in [7, 11) is -0.767. The van der Waals surface area contributed by atoms with Gasteiger partial charge in [0.05, 0.1) is 16.9 Å². The van der Waals surface area contributed by atoms with Crippen LogP contribution in [0.25, 0.3) is 11.0 Å². The van der Waals surface area contributed by atoms with E-state index in [0.717, 1.165) is 29.8 Å². The van der Waals surface area contributed by atoms with Crippen LogP contribution in [0.4, 0.5) is 0 Å². The lowest BCUT2D eigenvalue weighted by Gasteiger charge is -2.07. The molecular weight excluding hydrogens is 291 g/mol. The maximum atomic E-state index is 11.1. The number of alkyl halides is 1. The first kappa shape index (κ1) is 13.8. The molecule has 0 radical (unpaired) electrons. The molecule has 0 aliphatic heterocycles. The zero-order chi connectivity index (χ0) is 13.1. The number of halogens is 2. The highest BCUT2D eigenvalue weighted by Crippen LogP contribution is 2.22. The van der Waals surface area contributed by atoms with E-state index in [1.807, 2.05) is 18.2 Å². The highest BCUT2D eigenvalue weighted by molar-refractivity contribution is 7.84. The standard InChI is InChI=1S/C12H14Cl2N2OS/c1-18(17)6-2-5-16-11-7-9(14)3-4-10(11)15-12(16)8-13/h3-4,7H,2,5-6,8H2,1H3. The predicted molar refractivity (Wildman–Crippen MR) is 77.9 cm³/mol. The molecule has 2 rings (SSSR count). The summed E-state index contributed by atoms with van der Waals surface area (Å²) in [5.74, 6) is 1.87. The molecular formula is C12H14Cl2N2OS. The lowest BCUT2D eigenvalue weighted by Crippen LogP contribution is -2.06. The first-order chi connectivity index (χ1) is 8.61. The van der Waals surface area contributed by atoms with Gasteiger partial charge in [0.2, 0.25) is 0 Å². The van der Waals surface area contributed by atoms with Gasteiger partial charge in [-0.1, -0.05) is 11.6 Å². The average molecular weight is 305 g/mol. The lowest BCUT2D eigenvalue weighted by molar-refractivity contribution is 0.657. The van der Waals surface area contributed by atoms with Crippen molar-refractivity contribution in [3.8, 4) is 0 Å². The molecule has 18 heavy (non-hydrogen) atoms. The Labute approximate surface area is 119 Å². The summed E-state index contributed by atoms with van der Waals surface area (Å²) in [5.41, 5.74) is 1.88. The summed E-state index contributed by atoms with van der Waals surface area (Å²) in [4.78, 5) is 4.47. The van der Waals surface area contributed by atoms with Crippen molar-refractivity contribution in [3.05, 3.63) is 29.0 Å². The minimum atomic E-state index is -0.767. The van der Waals surface area contributed by atoms with Crippen molar-refractivity contribution in [1.29, 1.82) is 0 Å². The van der Waals surface area contributed by atoms with Crippen molar-refractivity contribution in [1.82, 2.24) is 9.55 Å². The number of benzene rings is 1. The van der Waals surface area contributed by atoms with E-state index < -0.39 is 10.8 Å². The summed E-state index contributed by atoms with van der Waals surface area (Å²) < 4.78 is 13.1. The van der Waals surface area contributed by atoms with E-state index in [4.69, 9.17) is 23.2 Å². The van der Waals surface area contributed by atoms with Gasteiger partial charge in [0, 0.05) is 34.4 Å². The Hall–Kier alpha value is -0.580. The molecule has 3 nitrogen and oxygen atoms in total. The Bertz CT molecular complexity index is 583. The average Bonchev–Trinajstić information content (AvgIpc) is 2.66. The molecule has 1 aromatic heterocycles. The van der Waals surface area contributed by atoms with Crippen molar-refractivity contribution in [2.45, 2.75) is 18.8 Å². The third-order valence-electron chi connectivity index (χ3n) is 2.72. The van der Waals surface area contributed by atoms with Gasteiger partial charge in [0.15, 0.2) is 0 Å². The van der Waals surface area contributed by atoms with Crippen molar-refractivity contribution >= 4 is 45.0 Å². The predicted octanol–water partition coefficient (Wildman–Crippen LogP) is 3.20. The molecule has 0 bridgehead atoms. The quantitative estimate of drug-likeness (QED) is 0.795. The normalized spacial score (nSPS) is 13.1. The monoisotopic (exact) mass is 304 g/mol. The lowest BCUT2D eigenvalue weighted by atomic mass is 10.3. The van der Waals surface area contributed by atoms with Crippen LogP contribution in [0.1, 0.15) is 12.2 Å². The second-order valence-corrected chi connectivity index (χ2v) is 6.34. The van der Waals surface area contributed by atoms with Crippen LogP contribution < -0.4 is 0 Å². The minimum Gasteiger partial charge on any atom is -0.327 e. The van der Waals surface area contributed by atoms with E-state index in [1.165, 1.54) is 0 Å². The van der Waals surface area contributed by atoms with E-state index in [0.29, 0.717) is 16.7 Å². The zero-order valence-corrected chi connectivity index (χ0v) is 12.4. The number of aryl methyl sites for hydroxylation is 1. The third-order valence-corrected chi connectivity index (χ3v) is 4.06. The first-order valence-electron chi connectivity index (χ1n) is 5.62. The van der Waals surface area contributed by atoms with Gasteiger partial charge in [0.1, 0.15) is 5.82 Å². The molecule has 1 atom stereocenters.